The fraction of sp³-hybridized carbons (Fsp3) is 0.625. The molecule has 1 rings (SSSR count). The Bertz CT molecular complexity index is 382. The minimum Gasteiger partial charge on any atom is -0.490 e. The van der Waals surface area contributed by atoms with Gasteiger partial charge < -0.3 is 19.5 Å². The van der Waals surface area contributed by atoms with Crippen LogP contribution in [0.1, 0.15) is 32.8 Å². The lowest BCUT2D eigenvalue weighted by Crippen LogP contribution is -2.15. The van der Waals surface area contributed by atoms with Gasteiger partial charge in [0.05, 0.1) is 12.7 Å². The van der Waals surface area contributed by atoms with Crippen molar-refractivity contribution in [2.24, 2.45) is 0 Å². The summed E-state index contributed by atoms with van der Waals surface area (Å²) in [6.45, 7) is 9.25. The van der Waals surface area contributed by atoms with Crippen LogP contribution in [0.5, 0.6) is 11.5 Å². The molecule has 0 saturated heterocycles. The fourth-order valence-corrected chi connectivity index (χ4v) is 1.86. The molecule has 1 unspecified atom stereocenters. The molecule has 0 aliphatic carbocycles. The van der Waals surface area contributed by atoms with E-state index in [0.717, 1.165) is 31.0 Å². The van der Waals surface area contributed by atoms with Gasteiger partial charge in [-0.2, -0.15) is 0 Å². The number of methoxy groups -OCH3 is 1. The van der Waals surface area contributed by atoms with Gasteiger partial charge in [0.25, 0.3) is 0 Å². The molecule has 1 aromatic carbocycles. The smallest absolute Gasteiger partial charge is 0.161 e. The first-order valence-corrected chi connectivity index (χ1v) is 7.33. The fourth-order valence-electron chi connectivity index (χ4n) is 1.86. The van der Waals surface area contributed by atoms with E-state index < -0.39 is 0 Å². The van der Waals surface area contributed by atoms with Gasteiger partial charge in [-0.05, 0) is 38.1 Å². The lowest BCUT2D eigenvalue weighted by Gasteiger charge is -2.18. The topological polar surface area (TPSA) is 39.7 Å². The molecule has 1 N–H and O–H groups in total. The summed E-state index contributed by atoms with van der Waals surface area (Å²) in [7, 11) is 1.70. The second kappa shape index (κ2) is 9.61. The molecule has 0 amide bonds. The van der Waals surface area contributed by atoms with Crippen LogP contribution >= 0.6 is 0 Å². The summed E-state index contributed by atoms with van der Waals surface area (Å²) in [6, 6.07) is 6.11. The third kappa shape index (κ3) is 5.80. The monoisotopic (exact) mass is 281 g/mol. The molecule has 0 heterocycles. The van der Waals surface area contributed by atoms with Crippen molar-refractivity contribution >= 4 is 0 Å². The zero-order valence-corrected chi connectivity index (χ0v) is 13.1. The Morgan fingerprint density at radius 1 is 1.20 bits per heavy atom. The Morgan fingerprint density at radius 2 is 2.00 bits per heavy atom. The zero-order valence-electron chi connectivity index (χ0n) is 13.1. The van der Waals surface area contributed by atoms with Gasteiger partial charge in [0.1, 0.15) is 0 Å². The third-order valence-electron chi connectivity index (χ3n) is 2.94. The Morgan fingerprint density at radius 3 is 2.65 bits per heavy atom. The van der Waals surface area contributed by atoms with Crippen LogP contribution in [0.25, 0.3) is 0 Å². The average molecular weight is 281 g/mol. The van der Waals surface area contributed by atoms with E-state index in [4.69, 9.17) is 14.2 Å². The summed E-state index contributed by atoms with van der Waals surface area (Å²) in [4.78, 5) is 0. The molecule has 0 aromatic heterocycles. The molecule has 0 bridgehead atoms. The summed E-state index contributed by atoms with van der Waals surface area (Å²) in [5.74, 6) is 1.61. The maximum Gasteiger partial charge on any atom is 0.161 e. The van der Waals surface area contributed by atoms with Crippen LogP contribution in [0.4, 0.5) is 0 Å². The van der Waals surface area contributed by atoms with Crippen molar-refractivity contribution in [3.05, 3.63) is 23.8 Å². The van der Waals surface area contributed by atoms with E-state index in [2.05, 4.69) is 18.3 Å². The Kier molecular flexibility index (Phi) is 8.07. The van der Waals surface area contributed by atoms with Gasteiger partial charge in [-0.3, -0.25) is 0 Å². The van der Waals surface area contributed by atoms with Gasteiger partial charge in [0.2, 0.25) is 0 Å². The van der Waals surface area contributed by atoms with Crippen molar-refractivity contribution in [1.29, 1.82) is 0 Å². The van der Waals surface area contributed by atoms with Crippen LogP contribution < -0.4 is 14.8 Å². The zero-order chi connectivity index (χ0) is 14.8. The molecular formula is C16H27NO3. The van der Waals surface area contributed by atoms with E-state index in [-0.39, 0.29) is 6.10 Å². The summed E-state index contributed by atoms with van der Waals surface area (Å²) < 4.78 is 16.7. The minimum absolute atomic E-state index is 0.105. The molecule has 1 aromatic rings. The molecule has 0 saturated carbocycles. The van der Waals surface area contributed by atoms with Crippen LogP contribution in [0, 0.1) is 0 Å². The van der Waals surface area contributed by atoms with Crippen LogP contribution in [0.2, 0.25) is 0 Å². The first-order chi connectivity index (χ1) is 9.71. The predicted octanol–water partition coefficient (Wildman–Crippen LogP) is 3.00. The minimum atomic E-state index is 0.105. The number of benzene rings is 1. The lowest BCUT2D eigenvalue weighted by atomic mass is 10.2. The molecule has 114 valence electrons. The molecule has 0 spiro atoms. The van der Waals surface area contributed by atoms with Crippen molar-refractivity contribution in [2.75, 3.05) is 26.9 Å². The van der Waals surface area contributed by atoms with Crippen molar-refractivity contribution in [1.82, 2.24) is 5.32 Å². The normalized spacial score (nSPS) is 12.2. The van der Waals surface area contributed by atoms with Crippen molar-refractivity contribution in [3.8, 4) is 11.5 Å². The number of nitrogens with one attached hydrogen (secondary N) is 1. The van der Waals surface area contributed by atoms with Crippen LogP contribution in [-0.2, 0) is 11.3 Å². The highest BCUT2D eigenvalue weighted by Crippen LogP contribution is 2.29. The summed E-state index contributed by atoms with van der Waals surface area (Å²) in [5.41, 5.74) is 1.20. The van der Waals surface area contributed by atoms with Crippen LogP contribution in [0.3, 0.4) is 0 Å². The maximum absolute atomic E-state index is 5.93. The Balaban J connectivity index is 2.72. The second-order valence-corrected chi connectivity index (χ2v) is 4.70. The molecule has 4 nitrogen and oxygen atoms in total. The van der Waals surface area contributed by atoms with Gasteiger partial charge >= 0.3 is 0 Å². The average Bonchev–Trinajstić information content (AvgIpc) is 2.45. The lowest BCUT2D eigenvalue weighted by molar-refractivity contribution is 0.132. The highest BCUT2D eigenvalue weighted by atomic mass is 16.5. The van der Waals surface area contributed by atoms with E-state index in [0.29, 0.717) is 13.2 Å². The molecule has 1 atom stereocenters. The molecule has 0 radical (unpaired) electrons. The highest BCUT2D eigenvalue weighted by molar-refractivity contribution is 5.43. The first-order valence-electron chi connectivity index (χ1n) is 7.33. The molecule has 0 aliphatic heterocycles. The Hall–Kier alpha value is -1.26. The predicted molar refractivity (Wildman–Crippen MR) is 81.6 cm³/mol. The second-order valence-electron chi connectivity index (χ2n) is 4.70. The molecular weight excluding hydrogens is 254 g/mol. The van der Waals surface area contributed by atoms with Gasteiger partial charge in [-0.15, -0.1) is 0 Å². The Labute approximate surface area is 122 Å². The maximum atomic E-state index is 5.93. The summed E-state index contributed by atoms with van der Waals surface area (Å²) in [6.07, 6.45) is 0.968. The largest absolute Gasteiger partial charge is 0.490 e. The third-order valence-corrected chi connectivity index (χ3v) is 2.94. The first kappa shape index (κ1) is 16.8. The van der Waals surface area contributed by atoms with E-state index in [1.54, 1.807) is 7.11 Å². The summed E-state index contributed by atoms with van der Waals surface area (Å²) in [5, 5.41) is 3.31. The van der Waals surface area contributed by atoms with Gasteiger partial charge in [0.15, 0.2) is 11.5 Å². The SMILES string of the molecule is CCNCc1ccc(OC(C)CCOC)c(OCC)c1. The van der Waals surface area contributed by atoms with Crippen molar-refractivity contribution < 1.29 is 14.2 Å². The number of ether oxygens (including phenoxy) is 3. The quantitative estimate of drug-likeness (QED) is 0.715. The molecule has 20 heavy (non-hydrogen) atoms. The van der Waals surface area contributed by atoms with Crippen molar-refractivity contribution in [2.45, 2.75) is 39.8 Å². The van der Waals surface area contributed by atoms with E-state index in [9.17, 15) is 0 Å². The number of hydrogen-bond donors (Lipinski definition) is 1. The molecule has 4 heteroatoms. The standard InChI is InChI=1S/C16H27NO3/c1-5-17-12-14-7-8-15(16(11-14)19-6-2)20-13(3)9-10-18-4/h7-8,11,13,17H,5-6,9-10,12H2,1-4H3. The molecule has 0 fully saturated rings. The van der Waals surface area contributed by atoms with E-state index >= 15 is 0 Å². The van der Waals surface area contributed by atoms with Gasteiger partial charge in [-0.25, -0.2) is 0 Å². The number of rotatable bonds is 10. The van der Waals surface area contributed by atoms with Crippen LogP contribution in [0.15, 0.2) is 18.2 Å². The molecule has 0 aliphatic rings. The van der Waals surface area contributed by atoms with Crippen LogP contribution in [-0.4, -0.2) is 33.0 Å². The number of hydrogen-bond acceptors (Lipinski definition) is 4. The van der Waals surface area contributed by atoms with E-state index in [1.807, 2.05) is 26.0 Å². The summed E-state index contributed by atoms with van der Waals surface area (Å²) >= 11 is 0. The van der Waals surface area contributed by atoms with Crippen molar-refractivity contribution in [3.63, 3.8) is 0 Å². The van der Waals surface area contributed by atoms with Gasteiger partial charge in [0, 0.05) is 26.7 Å². The van der Waals surface area contributed by atoms with Gasteiger partial charge in [-0.1, -0.05) is 13.0 Å². The van der Waals surface area contributed by atoms with E-state index in [1.165, 1.54) is 5.56 Å². The highest BCUT2D eigenvalue weighted by Gasteiger charge is 2.10.